The molecule has 0 bridgehead atoms. The molecule has 0 aliphatic carbocycles. The van der Waals surface area contributed by atoms with E-state index in [-0.39, 0.29) is 45.8 Å². The second-order valence-electron chi connectivity index (χ2n) is 11.9. The lowest BCUT2D eigenvalue weighted by molar-refractivity contribution is -0.161. The second-order valence-corrected chi connectivity index (χ2v) is 19.1. The molecule has 0 aromatic carbocycles. The smallest absolute Gasteiger partial charge is 0.462 e. The highest BCUT2D eigenvalue weighted by molar-refractivity contribution is 7.48. The van der Waals surface area contributed by atoms with E-state index in [2.05, 4.69) is 25.0 Å². The van der Waals surface area contributed by atoms with Crippen molar-refractivity contribution in [1.29, 1.82) is 0 Å². The van der Waals surface area contributed by atoms with Gasteiger partial charge in [0.15, 0.2) is 6.10 Å². The molecule has 0 rings (SSSR count). The van der Waals surface area contributed by atoms with Gasteiger partial charge in [-0.05, 0) is 39.7 Å². The SMILES string of the molecule is CCCCCC(=O)OC[C@H](COP(=O)(OCCNC(=O)OC(C)(C)C)OCC[Si](C)(C)C)OC(=O)CCCCC. The number of alkyl carbamates (subject to hydrolysis) is 1. The summed E-state index contributed by atoms with van der Waals surface area (Å²) < 4.78 is 46.0. The average Bonchev–Trinajstić information content (AvgIpc) is 2.82. The molecule has 0 fully saturated rings. The minimum atomic E-state index is -4.10. The van der Waals surface area contributed by atoms with Crippen LogP contribution < -0.4 is 5.32 Å². The third-order valence-corrected chi connectivity index (χ3v) is 8.40. The van der Waals surface area contributed by atoms with Gasteiger partial charge in [-0.2, -0.15) is 0 Å². The van der Waals surface area contributed by atoms with Gasteiger partial charge in [-0.15, -0.1) is 0 Å². The molecule has 236 valence electrons. The maximum atomic E-state index is 13.4. The van der Waals surface area contributed by atoms with Crippen LogP contribution in [0.5, 0.6) is 0 Å². The highest BCUT2D eigenvalue weighted by Gasteiger charge is 2.31. The van der Waals surface area contributed by atoms with Crippen molar-refractivity contribution in [3.05, 3.63) is 0 Å². The molecule has 0 saturated carbocycles. The van der Waals surface area contributed by atoms with E-state index in [0.29, 0.717) is 18.9 Å². The molecule has 1 amide bonds. The zero-order valence-corrected chi connectivity index (χ0v) is 27.9. The van der Waals surface area contributed by atoms with E-state index in [1.54, 1.807) is 20.8 Å². The van der Waals surface area contributed by atoms with Crippen molar-refractivity contribution in [2.45, 2.75) is 123 Å². The van der Waals surface area contributed by atoms with Crippen LogP contribution in [0.3, 0.4) is 0 Å². The van der Waals surface area contributed by atoms with Crippen LogP contribution in [0.1, 0.15) is 86.0 Å². The van der Waals surface area contributed by atoms with Crippen LogP contribution in [-0.2, 0) is 41.9 Å². The molecule has 0 aromatic heterocycles. The van der Waals surface area contributed by atoms with Gasteiger partial charge in [0.25, 0.3) is 0 Å². The molecule has 0 heterocycles. The molecule has 40 heavy (non-hydrogen) atoms. The first-order valence-electron chi connectivity index (χ1n) is 14.4. The van der Waals surface area contributed by atoms with Crippen molar-refractivity contribution < 1.29 is 46.7 Å². The van der Waals surface area contributed by atoms with Crippen molar-refractivity contribution in [2.24, 2.45) is 0 Å². The molecular weight excluding hydrogens is 557 g/mol. The largest absolute Gasteiger partial charge is 0.474 e. The summed E-state index contributed by atoms with van der Waals surface area (Å²) in [5.74, 6) is -0.861. The van der Waals surface area contributed by atoms with Crippen LogP contribution in [0.25, 0.3) is 0 Å². The number of hydrogen-bond acceptors (Lipinski definition) is 10. The van der Waals surface area contributed by atoms with Crippen LogP contribution in [0.2, 0.25) is 25.7 Å². The fraction of sp³-hybridized carbons (Fsp3) is 0.889. The predicted molar refractivity (Wildman–Crippen MR) is 157 cm³/mol. The standard InChI is InChI=1S/C27H54NO10PSi/c1-9-11-13-15-24(29)33-21-23(37-25(30)16-14-12-10-2)22-36-39(32,35-19-20-40(6,7)8)34-18-17-28-26(31)38-27(3,4)5/h23H,9-22H2,1-8H3,(H,28,31)/t23-,39?/m1/s1. The maximum absolute atomic E-state index is 13.4. The minimum absolute atomic E-state index is 0.00482. The highest BCUT2D eigenvalue weighted by atomic mass is 31.2. The fourth-order valence-electron chi connectivity index (χ4n) is 3.03. The first kappa shape index (κ1) is 38.5. The van der Waals surface area contributed by atoms with Gasteiger partial charge >= 0.3 is 25.9 Å². The number of amides is 1. The Morgan fingerprint density at radius 3 is 1.95 bits per heavy atom. The third-order valence-electron chi connectivity index (χ3n) is 5.24. The number of nitrogens with one attached hydrogen (secondary N) is 1. The zero-order chi connectivity index (χ0) is 30.7. The van der Waals surface area contributed by atoms with E-state index in [9.17, 15) is 18.9 Å². The van der Waals surface area contributed by atoms with Crippen molar-refractivity contribution >= 4 is 33.9 Å². The number of phosphoric acid groups is 1. The molecule has 0 spiro atoms. The topological polar surface area (TPSA) is 136 Å². The van der Waals surface area contributed by atoms with Crippen LogP contribution in [0.4, 0.5) is 4.79 Å². The Bertz CT molecular complexity index is 782. The van der Waals surface area contributed by atoms with E-state index >= 15 is 0 Å². The Kier molecular flexibility index (Phi) is 19.7. The summed E-state index contributed by atoms with van der Waals surface area (Å²) in [7, 11) is -5.61. The van der Waals surface area contributed by atoms with Gasteiger partial charge in [0.05, 0.1) is 19.8 Å². The van der Waals surface area contributed by atoms with E-state index in [1.807, 2.05) is 13.8 Å². The monoisotopic (exact) mass is 611 g/mol. The van der Waals surface area contributed by atoms with Crippen LogP contribution in [0, 0.1) is 0 Å². The zero-order valence-electron chi connectivity index (χ0n) is 26.0. The second kappa shape index (κ2) is 20.4. The maximum Gasteiger partial charge on any atom is 0.474 e. The van der Waals surface area contributed by atoms with Crippen LogP contribution >= 0.6 is 7.82 Å². The molecule has 0 aliphatic heterocycles. The molecule has 13 heteroatoms. The normalized spacial score (nSPS) is 14.2. The van der Waals surface area contributed by atoms with Crippen LogP contribution in [-0.4, -0.2) is 70.8 Å². The first-order valence-corrected chi connectivity index (χ1v) is 19.6. The quantitative estimate of drug-likeness (QED) is 0.0467. The van der Waals surface area contributed by atoms with E-state index in [4.69, 9.17) is 27.8 Å². The summed E-state index contributed by atoms with van der Waals surface area (Å²) in [5, 5.41) is 2.52. The van der Waals surface area contributed by atoms with Gasteiger partial charge < -0.3 is 19.5 Å². The molecule has 1 unspecified atom stereocenters. The van der Waals surface area contributed by atoms with E-state index in [1.165, 1.54) is 0 Å². The summed E-state index contributed by atoms with van der Waals surface area (Å²) in [6, 6.07) is 0.713. The number of carbonyl (C=O) groups excluding carboxylic acids is 3. The number of carbonyl (C=O) groups is 3. The summed E-state index contributed by atoms with van der Waals surface area (Å²) in [5.41, 5.74) is -0.661. The lowest BCUT2D eigenvalue weighted by Gasteiger charge is -2.24. The molecule has 0 radical (unpaired) electrons. The summed E-state index contributed by atoms with van der Waals surface area (Å²) >= 11 is 0. The summed E-state index contributed by atoms with van der Waals surface area (Å²) in [6.45, 7) is 15.1. The Labute approximate surface area is 242 Å². The molecule has 11 nitrogen and oxygen atoms in total. The lowest BCUT2D eigenvalue weighted by atomic mass is 10.2. The highest BCUT2D eigenvalue weighted by Crippen LogP contribution is 2.49. The molecule has 1 N–H and O–H groups in total. The summed E-state index contributed by atoms with van der Waals surface area (Å²) in [6.07, 6.45) is 3.95. The van der Waals surface area contributed by atoms with Gasteiger partial charge in [0, 0.05) is 27.5 Å². The van der Waals surface area contributed by atoms with Gasteiger partial charge in [0.2, 0.25) is 0 Å². The van der Waals surface area contributed by atoms with Crippen molar-refractivity contribution in [3.63, 3.8) is 0 Å². The van der Waals surface area contributed by atoms with E-state index in [0.717, 1.165) is 25.7 Å². The fourth-order valence-corrected chi connectivity index (χ4v) is 5.12. The van der Waals surface area contributed by atoms with Gasteiger partial charge in [0.1, 0.15) is 12.2 Å². The number of unbranched alkanes of at least 4 members (excludes halogenated alkanes) is 4. The number of rotatable bonds is 22. The first-order chi connectivity index (χ1) is 18.6. The van der Waals surface area contributed by atoms with Crippen molar-refractivity contribution in [2.75, 3.05) is 33.0 Å². The number of hydrogen-bond donors (Lipinski definition) is 1. The third kappa shape index (κ3) is 23.3. The number of ether oxygens (including phenoxy) is 3. The Hall–Kier alpha value is -1.46. The van der Waals surface area contributed by atoms with Gasteiger partial charge in [-0.1, -0.05) is 59.2 Å². The molecule has 0 saturated heterocycles. The average molecular weight is 612 g/mol. The van der Waals surface area contributed by atoms with Crippen molar-refractivity contribution in [1.82, 2.24) is 5.32 Å². The van der Waals surface area contributed by atoms with Gasteiger partial charge in [-0.3, -0.25) is 23.2 Å². The number of esters is 2. The lowest BCUT2D eigenvalue weighted by Crippen LogP contribution is -2.34. The van der Waals surface area contributed by atoms with Crippen molar-refractivity contribution in [3.8, 4) is 0 Å². The predicted octanol–water partition coefficient (Wildman–Crippen LogP) is 6.62. The van der Waals surface area contributed by atoms with Crippen LogP contribution in [0.15, 0.2) is 0 Å². The molecule has 0 aromatic rings. The molecule has 2 atom stereocenters. The molecular formula is C27H54NO10PSi. The Morgan fingerprint density at radius 2 is 1.40 bits per heavy atom. The Morgan fingerprint density at radius 1 is 0.825 bits per heavy atom. The number of phosphoric ester groups is 1. The van der Waals surface area contributed by atoms with Gasteiger partial charge in [-0.25, -0.2) is 9.36 Å². The Balaban J connectivity index is 5.24. The van der Waals surface area contributed by atoms with E-state index < -0.39 is 45.6 Å². The molecule has 0 aliphatic rings. The summed E-state index contributed by atoms with van der Waals surface area (Å²) in [4.78, 5) is 36.4. The minimum Gasteiger partial charge on any atom is -0.462 e.